The molecule has 2 aromatic heterocycles. The molecule has 0 bridgehead atoms. The third-order valence-corrected chi connectivity index (χ3v) is 4.43. The predicted molar refractivity (Wildman–Crippen MR) is 93.3 cm³/mol. The first kappa shape index (κ1) is 17.3. The molecule has 1 aliphatic rings. The smallest absolute Gasteiger partial charge is 0.350 e. The Bertz CT molecular complexity index is 1030. The molecule has 4 rings (SSSR count). The molecule has 0 radical (unpaired) electrons. The number of aliphatic hydroxyl groups is 2. The number of hydrogen-bond acceptors (Lipinski definition) is 7. The summed E-state index contributed by atoms with van der Waals surface area (Å²) >= 11 is 0. The molecule has 1 amide bonds. The summed E-state index contributed by atoms with van der Waals surface area (Å²) in [6.45, 7) is -0.316. The summed E-state index contributed by atoms with van der Waals surface area (Å²) in [7, 11) is 0. The van der Waals surface area contributed by atoms with E-state index in [1.165, 1.54) is 6.20 Å². The van der Waals surface area contributed by atoms with Gasteiger partial charge in [-0.25, -0.2) is 4.79 Å². The monoisotopic (exact) mass is 371 g/mol. The Morgan fingerprint density at radius 1 is 1.37 bits per heavy atom. The highest BCUT2D eigenvalue weighted by atomic mass is 16.5. The van der Waals surface area contributed by atoms with E-state index < -0.39 is 29.9 Å². The topological polar surface area (TPSA) is 142 Å². The summed E-state index contributed by atoms with van der Waals surface area (Å²) in [6, 6.07) is 8.52. The average molecular weight is 371 g/mol. The van der Waals surface area contributed by atoms with Crippen molar-refractivity contribution >= 4 is 17.5 Å². The maximum atomic E-state index is 12.3. The van der Waals surface area contributed by atoms with Gasteiger partial charge < -0.3 is 14.9 Å². The number of nitrogens with one attached hydrogen (secondary N) is 2. The normalized spacial score (nSPS) is 22.2. The number of aliphatic hydroxyl groups excluding tert-OH is 2. The lowest BCUT2D eigenvalue weighted by Crippen LogP contribution is -2.24. The minimum absolute atomic E-state index is 0.0274. The molecule has 1 fully saturated rings. The maximum absolute atomic E-state index is 12.3. The van der Waals surface area contributed by atoms with Gasteiger partial charge in [0.25, 0.3) is 5.91 Å². The van der Waals surface area contributed by atoms with Crippen LogP contribution in [0.1, 0.15) is 28.4 Å². The number of ether oxygens (including phenoxy) is 1. The number of carbonyl (C=O) groups excluding carboxylic acids is 1. The van der Waals surface area contributed by atoms with E-state index in [0.717, 1.165) is 4.52 Å². The van der Waals surface area contributed by atoms with E-state index in [1.54, 1.807) is 30.3 Å². The van der Waals surface area contributed by atoms with Crippen molar-refractivity contribution < 1.29 is 19.7 Å². The van der Waals surface area contributed by atoms with E-state index in [9.17, 15) is 19.8 Å². The van der Waals surface area contributed by atoms with Crippen LogP contribution in [-0.2, 0) is 4.74 Å². The van der Waals surface area contributed by atoms with Gasteiger partial charge in [-0.1, -0.05) is 18.2 Å². The SMILES string of the molecule is O=C(Nc1nc2c(C3CC(O)C(CO)O3)cnn2c(=O)[nH]1)c1ccccc1. The fraction of sp³-hybridized carbons (Fsp3) is 0.294. The van der Waals surface area contributed by atoms with Crippen molar-refractivity contribution in [3.63, 3.8) is 0 Å². The number of aromatic nitrogens is 4. The number of carbonyl (C=O) groups is 1. The molecule has 0 spiro atoms. The van der Waals surface area contributed by atoms with E-state index in [2.05, 4.69) is 20.4 Å². The number of rotatable bonds is 4. The van der Waals surface area contributed by atoms with Crippen LogP contribution in [0.2, 0.25) is 0 Å². The molecular formula is C17H17N5O5. The number of benzene rings is 1. The highest BCUT2D eigenvalue weighted by Crippen LogP contribution is 2.34. The number of H-pyrrole nitrogens is 1. The largest absolute Gasteiger partial charge is 0.394 e. The van der Waals surface area contributed by atoms with Gasteiger partial charge >= 0.3 is 5.69 Å². The van der Waals surface area contributed by atoms with Gasteiger partial charge in [0.15, 0.2) is 5.65 Å². The van der Waals surface area contributed by atoms with Crippen LogP contribution >= 0.6 is 0 Å². The van der Waals surface area contributed by atoms with Crippen LogP contribution in [0, 0.1) is 0 Å². The molecule has 140 valence electrons. The lowest BCUT2D eigenvalue weighted by atomic mass is 10.1. The Labute approximate surface area is 152 Å². The molecule has 3 aromatic rings. The van der Waals surface area contributed by atoms with Crippen molar-refractivity contribution in [3.05, 3.63) is 58.1 Å². The van der Waals surface area contributed by atoms with Gasteiger partial charge in [0, 0.05) is 17.5 Å². The Kier molecular flexibility index (Phi) is 4.44. The minimum Gasteiger partial charge on any atom is -0.394 e. The Balaban J connectivity index is 1.66. The lowest BCUT2D eigenvalue weighted by Gasteiger charge is -2.11. The van der Waals surface area contributed by atoms with Crippen molar-refractivity contribution in [2.75, 3.05) is 11.9 Å². The van der Waals surface area contributed by atoms with Crippen LogP contribution in [-0.4, -0.2) is 54.5 Å². The van der Waals surface area contributed by atoms with Gasteiger partial charge in [-0.3, -0.25) is 15.1 Å². The van der Waals surface area contributed by atoms with Crippen molar-refractivity contribution in [2.24, 2.45) is 0 Å². The molecule has 1 saturated heterocycles. The Morgan fingerprint density at radius 3 is 2.85 bits per heavy atom. The fourth-order valence-corrected chi connectivity index (χ4v) is 3.05. The lowest BCUT2D eigenvalue weighted by molar-refractivity contribution is -0.0222. The first-order chi connectivity index (χ1) is 13.1. The zero-order valence-corrected chi connectivity index (χ0v) is 14.1. The molecular weight excluding hydrogens is 354 g/mol. The zero-order valence-electron chi connectivity index (χ0n) is 14.1. The molecule has 3 heterocycles. The first-order valence-corrected chi connectivity index (χ1v) is 8.35. The third kappa shape index (κ3) is 3.21. The highest BCUT2D eigenvalue weighted by molar-refractivity contribution is 6.03. The van der Waals surface area contributed by atoms with E-state index in [1.807, 2.05) is 0 Å². The Hall–Kier alpha value is -3.08. The van der Waals surface area contributed by atoms with Gasteiger partial charge in [0.05, 0.1) is 25.0 Å². The zero-order chi connectivity index (χ0) is 19.0. The van der Waals surface area contributed by atoms with E-state index in [4.69, 9.17) is 4.74 Å². The molecule has 3 atom stereocenters. The minimum atomic E-state index is -0.825. The van der Waals surface area contributed by atoms with Gasteiger partial charge in [-0.15, -0.1) is 0 Å². The Morgan fingerprint density at radius 2 is 2.15 bits per heavy atom. The number of aromatic amines is 1. The number of anilines is 1. The molecule has 4 N–H and O–H groups in total. The summed E-state index contributed by atoms with van der Waals surface area (Å²) in [5.41, 5.74) is 0.540. The maximum Gasteiger partial charge on any atom is 0.350 e. The van der Waals surface area contributed by atoms with Gasteiger partial charge in [0.2, 0.25) is 5.95 Å². The second-order valence-corrected chi connectivity index (χ2v) is 6.19. The quantitative estimate of drug-likeness (QED) is 0.500. The van der Waals surface area contributed by atoms with E-state index >= 15 is 0 Å². The summed E-state index contributed by atoms with van der Waals surface area (Å²) < 4.78 is 6.66. The van der Waals surface area contributed by atoms with Crippen molar-refractivity contribution in [1.29, 1.82) is 0 Å². The van der Waals surface area contributed by atoms with E-state index in [-0.39, 0.29) is 24.6 Å². The molecule has 0 saturated carbocycles. The molecule has 27 heavy (non-hydrogen) atoms. The van der Waals surface area contributed by atoms with Crippen LogP contribution in [0.15, 0.2) is 41.3 Å². The summed E-state index contributed by atoms with van der Waals surface area (Å²) in [5.74, 6) is -0.447. The average Bonchev–Trinajstić information content (AvgIpc) is 3.25. The summed E-state index contributed by atoms with van der Waals surface area (Å²) in [6.07, 6.45) is -0.426. The number of hydrogen-bond donors (Lipinski definition) is 4. The molecule has 0 aliphatic carbocycles. The second-order valence-electron chi connectivity index (χ2n) is 6.19. The number of amides is 1. The summed E-state index contributed by atoms with van der Waals surface area (Å²) in [5, 5.41) is 25.7. The van der Waals surface area contributed by atoms with Crippen molar-refractivity contribution in [1.82, 2.24) is 19.6 Å². The first-order valence-electron chi connectivity index (χ1n) is 8.35. The number of nitrogens with zero attached hydrogens (tertiary/aromatic N) is 3. The molecule has 10 heteroatoms. The molecule has 1 aromatic carbocycles. The van der Waals surface area contributed by atoms with Crippen LogP contribution < -0.4 is 11.0 Å². The molecule has 3 unspecified atom stereocenters. The van der Waals surface area contributed by atoms with Crippen molar-refractivity contribution in [3.8, 4) is 0 Å². The van der Waals surface area contributed by atoms with E-state index in [0.29, 0.717) is 11.1 Å². The van der Waals surface area contributed by atoms with Crippen LogP contribution in [0.25, 0.3) is 5.65 Å². The highest BCUT2D eigenvalue weighted by Gasteiger charge is 2.36. The number of fused-ring (bicyclic) bond motifs is 1. The van der Waals surface area contributed by atoms with Gasteiger partial charge in [-0.2, -0.15) is 14.6 Å². The van der Waals surface area contributed by atoms with Crippen molar-refractivity contribution in [2.45, 2.75) is 24.7 Å². The predicted octanol–water partition coefficient (Wildman–Crippen LogP) is -0.147. The van der Waals surface area contributed by atoms with Crippen LogP contribution in [0.5, 0.6) is 0 Å². The van der Waals surface area contributed by atoms with Crippen LogP contribution in [0.3, 0.4) is 0 Å². The standard InChI is InChI=1S/C17H17N5O5/c23-8-13-11(24)6-12(27-13)10-7-18-22-14(10)19-16(21-17(22)26)20-15(25)9-4-2-1-3-5-9/h1-5,7,11-13,23-24H,6,8H2,(H2,19,20,21,25,26). The van der Waals surface area contributed by atoms with Crippen LogP contribution in [0.4, 0.5) is 5.95 Å². The summed E-state index contributed by atoms with van der Waals surface area (Å²) in [4.78, 5) is 31.3. The molecule has 1 aliphatic heterocycles. The van der Waals surface area contributed by atoms with Gasteiger partial charge in [-0.05, 0) is 12.1 Å². The second kappa shape index (κ2) is 6.91. The molecule has 10 nitrogen and oxygen atoms in total. The van der Waals surface area contributed by atoms with Gasteiger partial charge in [0.1, 0.15) is 6.10 Å². The fourth-order valence-electron chi connectivity index (χ4n) is 3.05. The third-order valence-electron chi connectivity index (χ3n) is 4.43.